The molecule has 1 heterocycles. The van der Waals surface area contributed by atoms with Crippen LogP contribution in [0, 0.1) is 0 Å². The SMILES string of the molecule is CC(NC(=O)CNC(=O)C(N)CCCN=C(N)N)C(=O)NC(Cc1cnc[nH]1)C(=O)O. The number of carbonyl (C=O) groups is 4. The molecular formula is C17H29N9O5. The summed E-state index contributed by atoms with van der Waals surface area (Å²) in [6.07, 6.45) is 3.64. The number of guanidine groups is 1. The largest absolute Gasteiger partial charge is 0.480 e. The number of aliphatic imine (C=N–C) groups is 1. The smallest absolute Gasteiger partial charge is 0.326 e. The van der Waals surface area contributed by atoms with Gasteiger partial charge in [0.1, 0.15) is 12.1 Å². The molecule has 3 unspecified atom stereocenters. The Labute approximate surface area is 178 Å². The molecular weight excluding hydrogens is 410 g/mol. The molecule has 0 spiro atoms. The molecule has 0 aliphatic carbocycles. The van der Waals surface area contributed by atoms with Crippen LogP contribution in [0.15, 0.2) is 17.5 Å². The van der Waals surface area contributed by atoms with Crippen LogP contribution in [0.2, 0.25) is 0 Å². The zero-order chi connectivity index (χ0) is 23.4. The van der Waals surface area contributed by atoms with Gasteiger partial charge in [-0.05, 0) is 19.8 Å². The first-order chi connectivity index (χ1) is 14.6. The fourth-order valence-corrected chi connectivity index (χ4v) is 2.42. The highest BCUT2D eigenvalue weighted by molar-refractivity contribution is 5.92. The number of H-pyrrole nitrogens is 1. The third-order valence-electron chi connectivity index (χ3n) is 4.09. The average Bonchev–Trinajstić information content (AvgIpc) is 3.21. The van der Waals surface area contributed by atoms with Crippen LogP contribution in [-0.2, 0) is 25.6 Å². The first kappa shape index (κ1) is 25.4. The van der Waals surface area contributed by atoms with Crippen LogP contribution in [0.1, 0.15) is 25.5 Å². The Kier molecular flexibility index (Phi) is 10.5. The first-order valence-electron chi connectivity index (χ1n) is 9.48. The summed E-state index contributed by atoms with van der Waals surface area (Å²) in [6, 6.07) is -3.08. The molecule has 3 atom stereocenters. The van der Waals surface area contributed by atoms with Crippen molar-refractivity contribution < 1.29 is 24.3 Å². The number of hydrogen-bond acceptors (Lipinski definition) is 7. The molecule has 0 aliphatic heterocycles. The van der Waals surface area contributed by atoms with Crippen LogP contribution in [0.3, 0.4) is 0 Å². The second-order valence-corrected chi connectivity index (χ2v) is 6.74. The Morgan fingerprint density at radius 2 is 1.94 bits per heavy atom. The maximum Gasteiger partial charge on any atom is 0.326 e. The zero-order valence-electron chi connectivity index (χ0n) is 17.1. The number of amides is 3. The Morgan fingerprint density at radius 1 is 1.23 bits per heavy atom. The van der Waals surface area contributed by atoms with Gasteiger partial charge in [-0.15, -0.1) is 0 Å². The van der Waals surface area contributed by atoms with Gasteiger partial charge in [0.2, 0.25) is 17.7 Å². The number of carboxylic acid groups (broad SMARTS) is 1. The standard InChI is InChI=1S/C17H29N9O5/c1-9(14(28)26-12(16(30)31)5-10-6-21-8-24-10)25-13(27)7-23-15(29)11(18)3-2-4-22-17(19)20/h6,8-9,11-12H,2-5,7,18H2,1H3,(H,21,24)(H,23,29)(H,25,27)(H,26,28)(H,30,31)(H4,19,20,22). The van der Waals surface area contributed by atoms with E-state index in [0.717, 1.165) is 0 Å². The van der Waals surface area contributed by atoms with E-state index in [0.29, 0.717) is 25.1 Å². The van der Waals surface area contributed by atoms with E-state index in [4.69, 9.17) is 17.2 Å². The number of nitrogens with zero attached hydrogens (tertiary/aromatic N) is 2. The van der Waals surface area contributed by atoms with E-state index in [1.165, 1.54) is 19.4 Å². The summed E-state index contributed by atoms with van der Waals surface area (Å²) < 4.78 is 0. The monoisotopic (exact) mass is 439 g/mol. The van der Waals surface area contributed by atoms with E-state index in [9.17, 15) is 24.3 Å². The van der Waals surface area contributed by atoms with Gasteiger partial charge in [-0.3, -0.25) is 19.4 Å². The second-order valence-electron chi connectivity index (χ2n) is 6.74. The van der Waals surface area contributed by atoms with Gasteiger partial charge in [0, 0.05) is 24.9 Å². The van der Waals surface area contributed by atoms with Crippen LogP contribution in [0.25, 0.3) is 0 Å². The molecule has 1 aromatic heterocycles. The molecule has 0 aliphatic rings. The fraction of sp³-hybridized carbons (Fsp3) is 0.529. The van der Waals surface area contributed by atoms with Gasteiger partial charge < -0.3 is 43.2 Å². The van der Waals surface area contributed by atoms with Gasteiger partial charge in [-0.2, -0.15) is 0 Å². The van der Waals surface area contributed by atoms with Crippen LogP contribution in [-0.4, -0.2) is 75.9 Å². The third kappa shape index (κ3) is 10.1. The number of aromatic amines is 1. The van der Waals surface area contributed by atoms with Crippen LogP contribution in [0.5, 0.6) is 0 Å². The lowest BCUT2D eigenvalue weighted by Gasteiger charge is -2.18. The van der Waals surface area contributed by atoms with Crippen molar-refractivity contribution in [3.8, 4) is 0 Å². The number of nitrogens with one attached hydrogen (secondary N) is 4. The molecule has 3 amide bonds. The molecule has 0 aromatic carbocycles. The van der Waals surface area contributed by atoms with E-state index in [-0.39, 0.29) is 12.4 Å². The molecule has 14 nitrogen and oxygen atoms in total. The highest BCUT2D eigenvalue weighted by atomic mass is 16.4. The normalized spacial score (nSPS) is 13.4. The van der Waals surface area contributed by atoms with E-state index < -0.39 is 48.4 Å². The van der Waals surface area contributed by atoms with E-state index in [1.807, 2.05) is 0 Å². The molecule has 1 aromatic rings. The Bertz CT molecular complexity index is 777. The summed E-state index contributed by atoms with van der Waals surface area (Å²) in [4.78, 5) is 57.8. The van der Waals surface area contributed by atoms with Crippen molar-refractivity contribution >= 4 is 29.7 Å². The van der Waals surface area contributed by atoms with Crippen molar-refractivity contribution in [3.63, 3.8) is 0 Å². The van der Waals surface area contributed by atoms with Crippen molar-refractivity contribution in [2.24, 2.45) is 22.2 Å². The van der Waals surface area contributed by atoms with E-state index in [2.05, 4.69) is 30.9 Å². The lowest BCUT2D eigenvalue weighted by Crippen LogP contribution is -2.53. The molecule has 1 rings (SSSR count). The quantitative estimate of drug-likeness (QED) is 0.0862. The predicted octanol–water partition coefficient (Wildman–Crippen LogP) is -3.48. The van der Waals surface area contributed by atoms with Gasteiger partial charge in [0.25, 0.3) is 0 Å². The average molecular weight is 439 g/mol. The number of rotatable bonds is 13. The summed E-state index contributed by atoms with van der Waals surface area (Å²) in [6.45, 7) is 1.32. The maximum absolute atomic E-state index is 12.2. The number of aromatic nitrogens is 2. The molecule has 0 fully saturated rings. The lowest BCUT2D eigenvalue weighted by molar-refractivity contribution is -0.142. The van der Waals surface area contributed by atoms with Crippen molar-refractivity contribution in [2.75, 3.05) is 13.1 Å². The summed E-state index contributed by atoms with van der Waals surface area (Å²) in [5.74, 6) is -3.15. The zero-order valence-corrected chi connectivity index (χ0v) is 17.1. The molecule has 0 saturated heterocycles. The molecule has 0 saturated carbocycles. The number of hydrogen-bond donors (Lipinski definition) is 8. The second kappa shape index (κ2) is 12.8. The van der Waals surface area contributed by atoms with Gasteiger partial charge in [0.15, 0.2) is 5.96 Å². The minimum absolute atomic E-state index is 0.00112. The number of nitrogens with two attached hydrogens (primary N) is 3. The van der Waals surface area contributed by atoms with E-state index >= 15 is 0 Å². The Morgan fingerprint density at radius 3 is 2.52 bits per heavy atom. The van der Waals surface area contributed by atoms with Crippen molar-refractivity contribution in [2.45, 2.75) is 44.3 Å². The molecule has 0 radical (unpaired) electrons. The third-order valence-corrected chi connectivity index (χ3v) is 4.09. The molecule has 11 N–H and O–H groups in total. The van der Waals surface area contributed by atoms with Crippen LogP contribution in [0.4, 0.5) is 0 Å². The molecule has 31 heavy (non-hydrogen) atoms. The van der Waals surface area contributed by atoms with Gasteiger partial charge >= 0.3 is 5.97 Å². The van der Waals surface area contributed by atoms with E-state index in [1.54, 1.807) is 0 Å². The van der Waals surface area contributed by atoms with Crippen LogP contribution >= 0.6 is 0 Å². The Balaban J connectivity index is 2.39. The highest BCUT2D eigenvalue weighted by Crippen LogP contribution is 2.00. The van der Waals surface area contributed by atoms with Gasteiger partial charge in [-0.25, -0.2) is 9.78 Å². The van der Waals surface area contributed by atoms with Crippen molar-refractivity contribution in [3.05, 3.63) is 18.2 Å². The summed E-state index contributed by atoms with van der Waals surface area (Å²) in [7, 11) is 0. The predicted molar refractivity (Wildman–Crippen MR) is 110 cm³/mol. The van der Waals surface area contributed by atoms with Gasteiger partial charge in [0.05, 0.1) is 18.9 Å². The topological polar surface area (TPSA) is 244 Å². The maximum atomic E-state index is 12.2. The van der Waals surface area contributed by atoms with Crippen molar-refractivity contribution in [1.29, 1.82) is 0 Å². The minimum Gasteiger partial charge on any atom is -0.480 e. The molecule has 14 heteroatoms. The number of carboxylic acids is 1. The summed E-state index contributed by atoms with van der Waals surface area (Å²) >= 11 is 0. The summed E-state index contributed by atoms with van der Waals surface area (Å²) in [5, 5.41) is 16.4. The minimum atomic E-state index is -1.23. The molecule has 172 valence electrons. The van der Waals surface area contributed by atoms with Gasteiger partial charge in [-0.1, -0.05) is 0 Å². The number of carbonyl (C=O) groups excluding carboxylic acids is 3. The van der Waals surface area contributed by atoms with Crippen LogP contribution < -0.4 is 33.2 Å². The fourth-order valence-electron chi connectivity index (χ4n) is 2.42. The number of imidazole rings is 1. The molecule has 0 bridgehead atoms. The summed E-state index contributed by atoms with van der Waals surface area (Å²) in [5.41, 5.74) is 16.6. The van der Waals surface area contributed by atoms with Crippen molar-refractivity contribution in [1.82, 2.24) is 25.9 Å². The first-order valence-corrected chi connectivity index (χ1v) is 9.48. The Hall–Kier alpha value is -3.68. The highest BCUT2D eigenvalue weighted by Gasteiger charge is 2.25. The number of aliphatic carboxylic acids is 1. The lowest BCUT2D eigenvalue weighted by atomic mass is 10.1.